The summed E-state index contributed by atoms with van der Waals surface area (Å²) in [5.41, 5.74) is 0. The number of amides is 1. The van der Waals surface area contributed by atoms with Crippen LogP contribution in [0.1, 0.15) is 19.3 Å². The lowest BCUT2D eigenvalue weighted by Crippen LogP contribution is -2.40. The van der Waals surface area contributed by atoms with E-state index in [2.05, 4.69) is 5.32 Å². The molecule has 4 heteroatoms. The Hall–Kier alpha value is -0.220. The van der Waals surface area contributed by atoms with Crippen molar-refractivity contribution in [2.24, 2.45) is 0 Å². The van der Waals surface area contributed by atoms with Crippen molar-refractivity contribution in [2.45, 2.75) is 25.3 Å². The van der Waals surface area contributed by atoms with E-state index in [-0.39, 0.29) is 0 Å². The van der Waals surface area contributed by atoms with E-state index in [9.17, 15) is 4.79 Å². The van der Waals surface area contributed by atoms with Crippen LogP contribution in [-0.2, 0) is 4.79 Å². The third kappa shape index (κ3) is 3.17. The summed E-state index contributed by atoms with van der Waals surface area (Å²) >= 11 is 1.74. The van der Waals surface area contributed by atoms with Crippen molar-refractivity contribution in [1.82, 2.24) is 10.2 Å². The molecule has 1 atom stereocenters. The molecule has 0 spiro atoms. The van der Waals surface area contributed by atoms with Crippen molar-refractivity contribution in [3.8, 4) is 0 Å². The van der Waals surface area contributed by atoms with Crippen molar-refractivity contribution >= 4 is 17.7 Å². The number of carbonyl (C=O) groups is 1. The third-order valence-corrected chi connectivity index (χ3v) is 3.27. The number of hydrogen-bond acceptors (Lipinski definition) is 3. The third-order valence-electron chi connectivity index (χ3n) is 2.66. The first-order chi connectivity index (χ1) is 6.79. The maximum absolute atomic E-state index is 11.8. The van der Waals surface area contributed by atoms with E-state index in [0.29, 0.717) is 18.4 Å². The van der Waals surface area contributed by atoms with Gasteiger partial charge in [-0.05, 0) is 26.1 Å². The largest absolute Gasteiger partial charge is 0.338 e. The fraction of sp³-hybridized carbons (Fsp3) is 0.900. The lowest BCUT2D eigenvalue weighted by Gasteiger charge is -2.24. The number of nitrogens with one attached hydrogen (secondary N) is 1. The fourth-order valence-corrected chi connectivity index (χ4v) is 2.32. The molecule has 1 aliphatic heterocycles. The van der Waals surface area contributed by atoms with E-state index in [1.54, 1.807) is 11.8 Å². The quantitative estimate of drug-likeness (QED) is 0.742. The van der Waals surface area contributed by atoms with Gasteiger partial charge in [0.05, 0.1) is 0 Å². The van der Waals surface area contributed by atoms with E-state index in [1.165, 1.54) is 0 Å². The molecule has 0 bridgehead atoms. The minimum absolute atomic E-state index is 0.331. The summed E-state index contributed by atoms with van der Waals surface area (Å²) in [6.07, 6.45) is 5.06. The van der Waals surface area contributed by atoms with Gasteiger partial charge in [-0.25, -0.2) is 0 Å². The molecule has 1 rings (SSSR count). The van der Waals surface area contributed by atoms with Gasteiger partial charge >= 0.3 is 0 Å². The standard InChI is InChI=1S/C10H20N2OS/c1-11-8-9-4-3-6-12(9)10(13)5-7-14-2/h9,11H,3-8H2,1-2H3. The molecule has 1 fully saturated rings. The van der Waals surface area contributed by atoms with Gasteiger partial charge in [0.15, 0.2) is 0 Å². The minimum atomic E-state index is 0.331. The van der Waals surface area contributed by atoms with Crippen molar-refractivity contribution in [3.05, 3.63) is 0 Å². The number of likely N-dealkylation sites (tertiary alicyclic amines) is 1. The fourth-order valence-electron chi connectivity index (χ4n) is 1.94. The van der Waals surface area contributed by atoms with E-state index in [4.69, 9.17) is 0 Å². The average molecular weight is 216 g/mol. The molecule has 82 valence electrons. The molecule has 1 aliphatic rings. The SMILES string of the molecule is CNCC1CCCN1C(=O)CCSC. The number of thioether (sulfide) groups is 1. The molecule has 0 radical (unpaired) electrons. The van der Waals surface area contributed by atoms with Crippen LogP contribution in [0.5, 0.6) is 0 Å². The van der Waals surface area contributed by atoms with Crippen LogP contribution >= 0.6 is 11.8 Å². The molecule has 1 amide bonds. The zero-order chi connectivity index (χ0) is 10.4. The molecule has 1 heterocycles. The summed E-state index contributed by atoms with van der Waals surface area (Å²) in [4.78, 5) is 13.8. The predicted molar refractivity (Wildman–Crippen MR) is 61.7 cm³/mol. The molecule has 1 N–H and O–H groups in total. The van der Waals surface area contributed by atoms with Crippen molar-refractivity contribution < 1.29 is 4.79 Å². The Morgan fingerprint density at radius 1 is 1.64 bits per heavy atom. The van der Waals surface area contributed by atoms with Gasteiger partial charge in [-0.2, -0.15) is 11.8 Å². The van der Waals surface area contributed by atoms with Crippen LogP contribution < -0.4 is 5.32 Å². The van der Waals surface area contributed by atoms with Crippen molar-refractivity contribution in [3.63, 3.8) is 0 Å². The molecule has 0 aromatic rings. The van der Waals surface area contributed by atoms with Crippen LogP contribution in [0.4, 0.5) is 0 Å². The topological polar surface area (TPSA) is 32.3 Å². The molecule has 14 heavy (non-hydrogen) atoms. The van der Waals surface area contributed by atoms with Gasteiger partial charge in [-0.1, -0.05) is 0 Å². The first-order valence-electron chi connectivity index (χ1n) is 5.22. The van der Waals surface area contributed by atoms with Gasteiger partial charge in [-0.3, -0.25) is 4.79 Å². The van der Waals surface area contributed by atoms with E-state index < -0.39 is 0 Å². The zero-order valence-electron chi connectivity index (χ0n) is 9.08. The highest BCUT2D eigenvalue weighted by Gasteiger charge is 2.27. The van der Waals surface area contributed by atoms with Crippen LogP contribution in [0, 0.1) is 0 Å². The van der Waals surface area contributed by atoms with Crippen molar-refractivity contribution in [2.75, 3.05) is 32.1 Å². The maximum Gasteiger partial charge on any atom is 0.223 e. The number of rotatable bonds is 5. The molecule has 3 nitrogen and oxygen atoms in total. The van der Waals surface area contributed by atoms with Crippen LogP contribution in [0.25, 0.3) is 0 Å². The normalized spacial score (nSPS) is 21.6. The molecular weight excluding hydrogens is 196 g/mol. The van der Waals surface area contributed by atoms with Crippen molar-refractivity contribution in [1.29, 1.82) is 0 Å². The second-order valence-electron chi connectivity index (χ2n) is 3.68. The Balaban J connectivity index is 2.36. The van der Waals surface area contributed by atoms with Crippen LogP contribution in [0.2, 0.25) is 0 Å². The number of likely N-dealkylation sites (N-methyl/N-ethyl adjacent to an activating group) is 1. The molecule has 1 saturated heterocycles. The number of nitrogens with zero attached hydrogens (tertiary/aromatic N) is 1. The van der Waals surface area contributed by atoms with Crippen LogP contribution in [0.3, 0.4) is 0 Å². The first-order valence-corrected chi connectivity index (χ1v) is 6.62. The molecule has 0 aromatic heterocycles. The Labute approximate surface area is 90.6 Å². The number of carbonyl (C=O) groups excluding carboxylic acids is 1. The summed E-state index contributed by atoms with van der Waals surface area (Å²) in [5.74, 6) is 1.28. The van der Waals surface area contributed by atoms with Gasteiger partial charge in [-0.15, -0.1) is 0 Å². The Kier molecular flexibility index (Phi) is 5.33. The predicted octanol–water partition coefficient (Wildman–Crippen LogP) is 0.950. The lowest BCUT2D eigenvalue weighted by atomic mass is 10.2. The highest BCUT2D eigenvalue weighted by atomic mass is 32.2. The van der Waals surface area contributed by atoms with Gasteiger partial charge in [0.25, 0.3) is 0 Å². The molecule has 1 unspecified atom stereocenters. The van der Waals surface area contributed by atoms with Crippen LogP contribution in [0.15, 0.2) is 0 Å². The van der Waals surface area contributed by atoms with E-state index in [0.717, 1.165) is 31.7 Å². The smallest absolute Gasteiger partial charge is 0.223 e. The maximum atomic E-state index is 11.8. The zero-order valence-corrected chi connectivity index (χ0v) is 9.90. The summed E-state index contributed by atoms with van der Waals surface area (Å²) < 4.78 is 0. The summed E-state index contributed by atoms with van der Waals surface area (Å²) in [5, 5.41) is 3.15. The summed E-state index contributed by atoms with van der Waals surface area (Å²) in [6, 6.07) is 0.439. The summed E-state index contributed by atoms with van der Waals surface area (Å²) in [6.45, 7) is 1.89. The molecule has 0 aromatic carbocycles. The number of hydrogen-bond donors (Lipinski definition) is 1. The highest BCUT2D eigenvalue weighted by Crippen LogP contribution is 2.17. The van der Waals surface area contributed by atoms with Gasteiger partial charge < -0.3 is 10.2 Å². The molecular formula is C10H20N2OS. The second kappa shape index (κ2) is 6.30. The summed E-state index contributed by atoms with van der Waals surface area (Å²) in [7, 11) is 1.95. The Bertz CT molecular complexity index is 187. The Morgan fingerprint density at radius 2 is 2.43 bits per heavy atom. The highest BCUT2D eigenvalue weighted by molar-refractivity contribution is 7.98. The minimum Gasteiger partial charge on any atom is -0.338 e. The molecule has 0 saturated carbocycles. The average Bonchev–Trinajstić information content (AvgIpc) is 2.63. The lowest BCUT2D eigenvalue weighted by molar-refractivity contribution is -0.131. The van der Waals surface area contributed by atoms with Crippen LogP contribution in [-0.4, -0.2) is 49.0 Å². The Morgan fingerprint density at radius 3 is 3.07 bits per heavy atom. The molecule has 0 aliphatic carbocycles. The van der Waals surface area contributed by atoms with Gasteiger partial charge in [0.2, 0.25) is 5.91 Å². The second-order valence-corrected chi connectivity index (χ2v) is 4.67. The van der Waals surface area contributed by atoms with E-state index >= 15 is 0 Å². The first kappa shape index (κ1) is 11.9. The van der Waals surface area contributed by atoms with E-state index in [1.807, 2.05) is 18.2 Å². The van der Waals surface area contributed by atoms with Gasteiger partial charge in [0, 0.05) is 31.3 Å². The monoisotopic (exact) mass is 216 g/mol. The van der Waals surface area contributed by atoms with Gasteiger partial charge in [0.1, 0.15) is 0 Å².